The molecule has 0 amide bonds. The third kappa shape index (κ3) is 4.02. The van der Waals surface area contributed by atoms with Gasteiger partial charge in [-0.25, -0.2) is 0 Å². The zero-order valence-corrected chi connectivity index (χ0v) is 9.74. The summed E-state index contributed by atoms with van der Waals surface area (Å²) in [6, 6.07) is 8.36. The van der Waals surface area contributed by atoms with Crippen LogP contribution in [0.5, 0.6) is 0 Å². The van der Waals surface area contributed by atoms with Gasteiger partial charge in [0.15, 0.2) is 6.10 Å². The van der Waals surface area contributed by atoms with Gasteiger partial charge in [0, 0.05) is 0 Å². The average Bonchev–Trinajstić information content (AvgIpc) is 2.27. The maximum absolute atomic E-state index is 12.3. The first-order valence-electron chi connectivity index (χ1n) is 5.35. The first kappa shape index (κ1) is 14.0. The predicted molar refractivity (Wildman–Crippen MR) is 59.4 cm³/mol. The fraction of sp³-hybridized carbons (Fsp3) is 0.500. The molecule has 0 aliphatic carbocycles. The fourth-order valence-electron chi connectivity index (χ4n) is 1.43. The lowest BCUT2D eigenvalue weighted by Gasteiger charge is -2.25. The van der Waals surface area contributed by atoms with Gasteiger partial charge in [0.1, 0.15) is 0 Å². The minimum Gasteiger partial charge on any atom is -0.364 e. The van der Waals surface area contributed by atoms with Gasteiger partial charge in [-0.2, -0.15) is 13.2 Å². The minimum absolute atomic E-state index is 0.569. The maximum Gasteiger partial charge on any atom is 0.414 e. The predicted octanol–water partition coefficient (Wildman–Crippen LogP) is 3.04. The Kier molecular flexibility index (Phi) is 4.54. The summed E-state index contributed by atoms with van der Waals surface area (Å²) in [5.74, 6) is 0. The van der Waals surface area contributed by atoms with Crippen molar-refractivity contribution >= 4 is 0 Å². The van der Waals surface area contributed by atoms with Crippen LogP contribution in [0.3, 0.4) is 0 Å². The van der Waals surface area contributed by atoms with Crippen molar-refractivity contribution in [2.75, 3.05) is 0 Å². The highest BCUT2D eigenvalue weighted by atomic mass is 19.4. The second kappa shape index (κ2) is 5.51. The number of nitrogens with two attached hydrogens (primary N) is 1. The Balaban J connectivity index is 2.62. The highest BCUT2D eigenvalue weighted by molar-refractivity contribution is 5.19. The molecule has 96 valence electrons. The van der Waals surface area contributed by atoms with E-state index in [0.717, 1.165) is 12.5 Å². The van der Waals surface area contributed by atoms with Crippen molar-refractivity contribution in [3.8, 4) is 0 Å². The Morgan fingerprint density at radius 3 is 2.12 bits per heavy atom. The van der Waals surface area contributed by atoms with E-state index in [1.807, 2.05) is 6.07 Å². The summed E-state index contributed by atoms with van der Waals surface area (Å²) in [7, 11) is 0. The van der Waals surface area contributed by atoms with Crippen LogP contribution in [-0.2, 0) is 4.74 Å². The van der Waals surface area contributed by atoms with Crippen LogP contribution < -0.4 is 5.73 Å². The SMILES string of the molecule is CC(OC(C)C(F)(F)F)C(N)c1ccccc1. The summed E-state index contributed by atoms with van der Waals surface area (Å²) in [6.45, 7) is 2.52. The zero-order valence-electron chi connectivity index (χ0n) is 9.74. The Bertz CT molecular complexity index is 339. The molecule has 0 fully saturated rings. The molecular weight excluding hydrogens is 231 g/mol. The molecule has 5 heteroatoms. The molecule has 0 aromatic heterocycles. The molecule has 1 aromatic carbocycles. The van der Waals surface area contributed by atoms with Crippen LogP contribution in [0.1, 0.15) is 25.5 Å². The van der Waals surface area contributed by atoms with Crippen LogP contribution in [0.15, 0.2) is 30.3 Å². The number of alkyl halides is 3. The Labute approximate surface area is 98.6 Å². The summed E-state index contributed by atoms with van der Waals surface area (Å²) in [5.41, 5.74) is 6.60. The standard InChI is InChI=1S/C12H16F3NO/c1-8(17-9(2)12(13,14)15)11(16)10-6-4-3-5-7-10/h3-9,11H,16H2,1-2H3. The average molecular weight is 247 g/mol. The third-order valence-corrected chi connectivity index (χ3v) is 2.57. The lowest BCUT2D eigenvalue weighted by atomic mass is 10.0. The normalized spacial score (nSPS) is 17.5. The molecule has 17 heavy (non-hydrogen) atoms. The number of hydrogen-bond acceptors (Lipinski definition) is 2. The second-order valence-corrected chi connectivity index (χ2v) is 3.96. The van der Waals surface area contributed by atoms with Gasteiger partial charge in [0.25, 0.3) is 0 Å². The van der Waals surface area contributed by atoms with Crippen LogP contribution in [-0.4, -0.2) is 18.4 Å². The number of hydrogen-bond donors (Lipinski definition) is 1. The second-order valence-electron chi connectivity index (χ2n) is 3.96. The molecule has 0 bridgehead atoms. The van der Waals surface area contributed by atoms with Crippen LogP contribution in [0, 0.1) is 0 Å². The fourth-order valence-corrected chi connectivity index (χ4v) is 1.43. The van der Waals surface area contributed by atoms with E-state index in [-0.39, 0.29) is 0 Å². The first-order chi connectivity index (χ1) is 7.82. The van der Waals surface area contributed by atoms with E-state index in [0.29, 0.717) is 0 Å². The monoisotopic (exact) mass is 247 g/mol. The van der Waals surface area contributed by atoms with E-state index in [2.05, 4.69) is 0 Å². The highest BCUT2D eigenvalue weighted by Gasteiger charge is 2.38. The molecule has 0 saturated heterocycles. The molecule has 0 radical (unpaired) electrons. The first-order valence-corrected chi connectivity index (χ1v) is 5.35. The Hall–Kier alpha value is -1.07. The minimum atomic E-state index is -4.36. The van der Waals surface area contributed by atoms with Gasteiger partial charge < -0.3 is 10.5 Å². The Morgan fingerprint density at radius 1 is 1.12 bits per heavy atom. The molecule has 3 atom stereocenters. The van der Waals surface area contributed by atoms with E-state index in [1.165, 1.54) is 0 Å². The molecule has 2 N–H and O–H groups in total. The molecule has 0 spiro atoms. The number of halogens is 3. The van der Waals surface area contributed by atoms with E-state index in [4.69, 9.17) is 10.5 Å². The molecule has 0 heterocycles. The van der Waals surface area contributed by atoms with Crippen molar-refractivity contribution in [3.63, 3.8) is 0 Å². The van der Waals surface area contributed by atoms with Crippen LogP contribution in [0.2, 0.25) is 0 Å². The summed E-state index contributed by atoms with van der Waals surface area (Å²) in [6.07, 6.45) is -6.87. The van der Waals surface area contributed by atoms with Gasteiger partial charge >= 0.3 is 6.18 Å². The molecule has 0 aliphatic rings. The van der Waals surface area contributed by atoms with Crippen molar-refractivity contribution in [2.24, 2.45) is 5.73 Å². The van der Waals surface area contributed by atoms with Gasteiger partial charge in [-0.3, -0.25) is 0 Å². The molecule has 0 saturated carbocycles. The van der Waals surface area contributed by atoms with Crippen molar-refractivity contribution in [3.05, 3.63) is 35.9 Å². The smallest absolute Gasteiger partial charge is 0.364 e. The Morgan fingerprint density at radius 2 is 1.65 bits per heavy atom. The van der Waals surface area contributed by atoms with Gasteiger partial charge in [0.2, 0.25) is 0 Å². The van der Waals surface area contributed by atoms with E-state index < -0.39 is 24.4 Å². The summed E-state index contributed by atoms with van der Waals surface area (Å²) in [4.78, 5) is 0. The van der Waals surface area contributed by atoms with Crippen molar-refractivity contribution in [1.29, 1.82) is 0 Å². The van der Waals surface area contributed by atoms with E-state index in [1.54, 1.807) is 31.2 Å². The number of rotatable bonds is 4. The van der Waals surface area contributed by atoms with Crippen LogP contribution >= 0.6 is 0 Å². The number of benzene rings is 1. The summed E-state index contributed by atoms with van der Waals surface area (Å²) < 4.78 is 41.8. The highest BCUT2D eigenvalue weighted by Crippen LogP contribution is 2.26. The van der Waals surface area contributed by atoms with Crippen molar-refractivity contribution in [1.82, 2.24) is 0 Å². The third-order valence-electron chi connectivity index (χ3n) is 2.57. The summed E-state index contributed by atoms with van der Waals surface area (Å²) >= 11 is 0. The van der Waals surface area contributed by atoms with E-state index >= 15 is 0 Å². The van der Waals surface area contributed by atoms with Gasteiger partial charge in [-0.1, -0.05) is 30.3 Å². The molecule has 1 rings (SSSR count). The van der Waals surface area contributed by atoms with E-state index in [9.17, 15) is 13.2 Å². The number of ether oxygens (including phenoxy) is 1. The van der Waals surface area contributed by atoms with Crippen LogP contribution in [0.4, 0.5) is 13.2 Å². The topological polar surface area (TPSA) is 35.2 Å². The molecule has 1 aromatic rings. The lowest BCUT2D eigenvalue weighted by molar-refractivity contribution is -0.226. The molecule has 0 aliphatic heterocycles. The zero-order chi connectivity index (χ0) is 13.1. The lowest BCUT2D eigenvalue weighted by Crippen LogP contribution is -2.36. The summed E-state index contributed by atoms with van der Waals surface area (Å²) in [5, 5.41) is 0. The molecule has 3 unspecified atom stereocenters. The molecule has 2 nitrogen and oxygen atoms in total. The van der Waals surface area contributed by atoms with Gasteiger partial charge in [0.05, 0.1) is 12.1 Å². The van der Waals surface area contributed by atoms with Crippen molar-refractivity contribution < 1.29 is 17.9 Å². The quantitative estimate of drug-likeness (QED) is 0.887. The largest absolute Gasteiger partial charge is 0.414 e. The molecular formula is C12H16F3NO. The maximum atomic E-state index is 12.3. The van der Waals surface area contributed by atoms with Gasteiger partial charge in [-0.15, -0.1) is 0 Å². The van der Waals surface area contributed by atoms with Gasteiger partial charge in [-0.05, 0) is 19.4 Å². The van der Waals surface area contributed by atoms with Crippen LogP contribution in [0.25, 0.3) is 0 Å². The van der Waals surface area contributed by atoms with Crippen molar-refractivity contribution in [2.45, 2.75) is 38.3 Å².